The first-order chi connectivity index (χ1) is 8.19. The van der Waals surface area contributed by atoms with Crippen molar-refractivity contribution in [3.63, 3.8) is 0 Å². The molecule has 1 aliphatic rings. The molecule has 0 unspecified atom stereocenters. The molecule has 94 valence electrons. The molecule has 0 aromatic heterocycles. The van der Waals surface area contributed by atoms with Crippen LogP contribution in [0.3, 0.4) is 0 Å². The van der Waals surface area contributed by atoms with E-state index in [1.165, 1.54) is 12.1 Å². The quantitative estimate of drug-likeness (QED) is 0.876. The van der Waals surface area contributed by atoms with Gasteiger partial charge in [-0.05, 0) is 31.4 Å². The Labute approximate surface area is 99.9 Å². The molecule has 1 heterocycles. The topological polar surface area (TPSA) is 23.5 Å². The van der Waals surface area contributed by atoms with Crippen LogP contribution in [0.25, 0.3) is 0 Å². The van der Waals surface area contributed by atoms with E-state index in [1.807, 2.05) is 0 Å². The second-order valence-electron chi connectivity index (χ2n) is 4.66. The molecule has 0 aliphatic carbocycles. The maximum atomic E-state index is 13.5. The summed E-state index contributed by atoms with van der Waals surface area (Å²) in [6.45, 7) is 2.37. The van der Waals surface area contributed by atoms with Crippen molar-refractivity contribution in [1.82, 2.24) is 4.90 Å². The molecule has 0 radical (unpaired) electrons. The van der Waals surface area contributed by atoms with Crippen LogP contribution in [0.15, 0.2) is 18.2 Å². The first kappa shape index (κ1) is 12.5. The Morgan fingerprint density at radius 2 is 2.18 bits per heavy atom. The van der Waals surface area contributed by atoms with Crippen molar-refractivity contribution in [2.24, 2.45) is 5.92 Å². The minimum Gasteiger partial charge on any atom is -0.396 e. The van der Waals surface area contributed by atoms with E-state index in [-0.39, 0.29) is 12.5 Å². The number of hydrogen-bond donors (Lipinski definition) is 1. The second-order valence-corrected chi connectivity index (χ2v) is 4.66. The predicted octanol–water partition coefficient (Wildman–Crippen LogP) is 2.17. The van der Waals surface area contributed by atoms with Gasteiger partial charge in [0.25, 0.3) is 0 Å². The van der Waals surface area contributed by atoms with Crippen molar-refractivity contribution in [3.05, 3.63) is 35.4 Å². The van der Waals surface area contributed by atoms with Crippen LogP contribution in [0.5, 0.6) is 0 Å². The number of aliphatic hydroxyl groups is 1. The molecular formula is C13H17F2NO. The zero-order chi connectivity index (χ0) is 12.3. The van der Waals surface area contributed by atoms with Gasteiger partial charge in [-0.15, -0.1) is 0 Å². The fourth-order valence-corrected chi connectivity index (χ4v) is 2.33. The molecule has 1 N–H and O–H groups in total. The van der Waals surface area contributed by atoms with E-state index in [2.05, 4.69) is 4.90 Å². The van der Waals surface area contributed by atoms with E-state index in [4.69, 9.17) is 5.11 Å². The van der Waals surface area contributed by atoms with Gasteiger partial charge in [-0.1, -0.05) is 6.07 Å². The van der Waals surface area contributed by atoms with Gasteiger partial charge in [0, 0.05) is 31.3 Å². The third kappa shape index (κ3) is 3.23. The Hall–Kier alpha value is -1.00. The average molecular weight is 241 g/mol. The highest BCUT2D eigenvalue weighted by Gasteiger charge is 2.20. The maximum Gasteiger partial charge on any atom is 0.130 e. The van der Waals surface area contributed by atoms with Crippen molar-refractivity contribution < 1.29 is 13.9 Å². The standard InChI is InChI=1S/C13H17F2NO/c14-12-4-3-11(13(15)6-12)8-16-5-1-2-10(7-16)9-17/h3-4,6,10,17H,1-2,5,7-9H2/t10-/m1/s1. The van der Waals surface area contributed by atoms with Crippen molar-refractivity contribution >= 4 is 0 Å². The van der Waals surface area contributed by atoms with Gasteiger partial charge < -0.3 is 5.11 Å². The molecule has 1 fully saturated rings. The molecule has 0 saturated carbocycles. The molecule has 2 nitrogen and oxygen atoms in total. The van der Waals surface area contributed by atoms with Crippen LogP contribution in [-0.4, -0.2) is 29.7 Å². The van der Waals surface area contributed by atoms with Gasteiger partial charge in [0.1, 0.15) is 11.6 Å². The first-order valence-corrected chi connectivity index (χ1v) is 5.96. The molecule has 0 amide bonds. The number of hydrogen-bond acceptors (Lipinski definition) is 2. The van der Waals surface area contributed by atoms with Crippen LogP contribution in [0, 0.1) is 17.6 Å². The average Bonchev–Trinajstić information content (AvgIpc) is 2.33. The molecule has 0 bridgehead atoms. The van der Waals surface area contributed by atoms with Crippen LogP contribution in [0.4, 0.5) is 8.78 Å². The molecule has 17 heavy (non-hydrogen) atoms. The highest BCUT2D eigenvalue weighted by atomic mass is 19.1. The van der Waals surface area contributed by atoms with Gasteiger partial charge in [-0.25, -0.2) is 8.78 Å². The minimum absolute atomic E-state index is 0.183. The molecule has 1 aliphatic heterocycles. The van der Waals surface area contributed by atoms with Crippen LogP contribution >= 0.6 is 0 Å². The van der Waals surface area contributed by atoms with E-state index in [0.717, 1.165) is 32.0 Å². The number of likely N-dealkylation sites (tertiary alicyclic amines) is 1. The lowest BCUT2D eigenvalue weighted by Crippen LogP contribution is -2.36. The lowest BCUT2D eigenvalue weighted by molar-refractivity contribution is 0.115. The lowest BCUT2D eigenvalue weighted by Gasteiger charge is -2.31. The summed E-state index contributed by atoms with van der Waals surface area (Å²) in [5.74, 6) is -0.749. The third-order valence-corrected chi connectivity index (χ3v) is 3.27. The normalized spacial score (nSPS) is 21.7. The van der Waals surface area contributed by atoms with Crippen molar-refractivity contribution in [1.29, 1.82) is 0 Å². The summed E-state index contributed by atoms with van der Waals surface area (Å²) in [6, 6.07) is 3.70. The van der Waals surface area contributed by atoms with Crippen LogP contribution in [0.2, 0.25) is 0 Å². The summed E-state index contributed by atoms with van der Waals surface area (Å²) < 4.78 is 26.2. The van der Waals surface area contributed by atoms with Gasteiger partial charge in [-0.2, -0.15) is 0 Å². The third-order valence-electron chi connectivity index (χ3n) is 3.27. The van der Waals surface area contributed by atoms with Crippen molar-refractivity contribution in [2.45, 2.75) is 19.4 Å². The monoisotopic (exact) mass is 241 g/mol. The predicted molar refractivity (Wildman–Crippen MR) is 61.4 cm³/mol. The smallest absolute Gasteiger partial charge is 0.130 e. The Balaban J connectivity index is 2.00. The van der Waals surface area contributed by atoms with Crippen molar-refractivity contribution in [2.75, 3.05) is 19.7 Å². The second kappa shape index (κ2) is 5.56. The van der Waals surface area contributed by atoms with Gasteiger partial charge in [0.2, 0.25) is 0 Å². The molecule has 1 atom stereocenters. The Morgan fingerprint density at radius 3 is 2.88 bits per heavy atom. The number of benzene rings is 1. The number of piperidine rings is 1. The molecule has 1 aromatic carbocycles. The first-order valence-electron chi connectivity index (χ1n) is 5.96. The fourth-order valence-electron chi connectivity index (χ4n) is 2.33. The van der Waals surface area contributed by atoms with Crippen molar-refractivity contribution in [3.8, 4) is 0 Å². The van der Waals surface area contributed by atoms with E-state index in [9.17, 15) is 8.78 Å². The van der Waals surface area contributed by atoms with Gasteiger partial charge in [0.15, 0.2) is 0 Å². The zero-order valence-electron chi connectivity index (χ0n) is 9.70. The largest absolute Gasteiger partial charge is 0.396 e. The summed E-state index contributed by atoms with van der Waals surface area (Å²) >= 11 is 0. The molecular weight excluding hydrogens is 224 g/mol. The van der Waals surface area contributed by atoms with E-state index in [1.54, 1.807) is 0 Å². The van der Waals surface area contributed by atoms with Crippen LogP contribution < -0.4 is 0 Å². The van der Waals surface area contributed by atoms with Crippen LogP contribution in [-0.2, 0) is 6.54 Å². The molecule has 2 rings (SSSR count). The summed E-state index contributed by atoms with van der Waals surface area (Å²) in [4.78, 5) is 2.11. The number of halogens is 2. The SMILES string of the molecule is OC[C@@H]1CCCN(Cc2ccc(F)cc2F)C1. The molecule has 0 spiro atoms. The Bertz CT molecular complexity index is 384. The summed E-state index contributed by atoms with van der Waals surface area (Å²) in [6.07, 6.45) is 2.05. The lowest BCUT2D eigenvalue weighted by atomic mass is 9.98. The Kier molecular flexibility index (Phi) is 4.07. The van der Waals surface area contributed by atoms with Gasteiger partial charge >= 0.3 is 0 Å². The molecule has 4 heteroatoms. The van der Waals surface area contributed by atoms with E-state index < -0.39 is 11.6 Å². The van der Waals surface area contributed by atoms with E-state index in [0.29, 0.717) is 12.1 Å². The van der Waals surface area contributed by atoms with E-state index >= 15 is 0 Å². The van der Waals surface area contributed by atoms with Gasteiger partial charge in [0.05, 0.1) is 0 Å². The highest BCUT2D eigenvalue weighted by Crippen LogP contribution is 2.19. The molecule has 1 saturated heterocycles. The summed E-state index contributed by atoms with van der Waals surface area (Å²) in [7, 11) is 0. The summed E-state index contributed by atoms with van der Waals surface area (Å²) in [5.41, 5.74) is 0.519. The fraction of sp³-hybridized carbons (Fsp3) is 0.538. The highest BCUT2D eigenvalue weighted by molar-refractivity contribution is 5.18. The Morgan fingerprint density at radius 1 is 1.35 bits per heavy atom. The number of aliphatic hydroxyl groups excluding tert-OH is 1. The number of rotatable bonds is 3. The maximum absolute atomic E-state index is 13.5. The minimum atomic E-state index is -0.543. The molecule has 1 aromatic rings. The zero-order valence-corrected chi connectivity index (χ0v) is 9.70. The number of nitrogens with zero attached hydrogens (tertiary/aromatic N) is 1. The summed E-state index contributed by atoms with van der Waals surface area (Å²) in [5, 5.41) is 9.12. The van der Waals surface area contributed by atoms with Gasteiger partial charge in [-0.3, -0.25) is 4.90 Å². The van der Waals surface area contributed by atoms with Crippen LogP contribution in [0.1, 0.15) is 18.4 Å².